The maximum Gasteiger partial charge on any atom is 0.305 e. The Morgan fingerprint density at radius 1 is 1.73 bits per heavy atom. The van der Waals surface area contributed by atoms with Crippen LogP contribution in [-0.2, 0) is 11.8 Å². The third kappa shape index (κ3) is 2.27. The molecule has 0 saturated heterocycles. The van der Waals surface area contributed by atoms with Crippen LogP contribution in [0.15, 0.2) is 0 Å². The van der Waals surface area contributed by atoms with Gasteiger partial charge in [0.1, 0.15) is 0 Å². The highest BCUT2D eigenvalue weighted by Crippen LogP contribution is 2.28. The Morgan fingerprint density at radius 2 is 2.33 bits per heavy atom. The van der Waals surface area contributed by atoms with Crippen LogP contribution in [0.25, 0.3) is 0 Å². The van der Waals surface area contributed by atoms with E-state index in [2.05, 4.69) is 5.10 Å². The fourth-order valence-electron chi connectivity index (χ4n) is 1.61. The first-order chi connectivity index (χ1) is 6.97. The fraction of sp³-hybridized carbons (Fsp3) is 0.556. The normalized spacial score (nSPS) is 12.5. The van der Waals surface area contributed by atoms with Gasteiger partial charge < -0.3 is 15.6 Å². The van der Waals surface area contributed by atoms with Gasteiger partial charge in [-0.3, -0.25) is 4.79 Å². The zero-order valence-corrected chi connectivity index (χ0v) is 9.02. The highest BCUT2D eigenvalue weighted by Gasteiger charge is 2.22. The standard InChI is InChI=1S/C9H15N3O3/c1-5-8(6(10)4-7(13)14)9(15-3)12(2)11-5/h6H,4,10H2,1-3H3,(H,13,14). The molecule has 0 fully saturated rings. The van der Waals surface area contributed by atoms with Crippen LogP contribution in [0.4, 0.5) is 0 Å². The van der Waals surface area contributed by atoms with Crippen molar-refractivity contribution in [2.24, 2.45) is 12.8 Å². The van der Waals surface area contributed by atoms with E-state index in [9.17, 15) is 4.79 Å². The van der Waals surface area contributed by atoms with Crippen LogP contribution in [0.1, 0.15) is 23.7 Å². The summed E-state index contributed by atoms with van der Waals surface area (Å²) < 4.78 is 6.68. The molecule has 0 aliphatic carbocycles. The average molecular weight is 213 g/mol. The molecule has 1 unspecified atom stereocenters. The number of nitrogens with zero attached hydrogens (tertiary/aromatic N) is 2. The van der Waals surface area contributed by atoms with Gasteiger partial charge in [0.05, 0.1) is 24.8 Å². The summed E-state index contributed by atoms with van der Waals surface area (Å²) in [5, 5.41) is 12.8. The number of carboxylic acid groups (broad SMARTS) is 1. The predicted molar refractivity (Wildman–Crippen MR) is 53.7 cm³/mol. The number of ether oxygens (including phenoxy) is 1. The maximum absolute atomic E-state index is 10.6. The molecule has 0 aliphatic heterocycles. The number of rotatable bonds is 4. The van der Waals surface area contributed by atoms with Crippen LogP contribution in [0, 0.1) is 6.92 Å². The second kappa shape index (κ2) is 4.31. The summed E-state index contributed by atoms with van der Waals surface area (Å²) in [6.45, 7) is 1.78. The van der Waals surface area contributed by atoms with Crippen molar-refractivity contribution < 1.29 is 14.6 Å². The average Bonchev–Trinajstić information content (AvgIpc) is 2.38. The molecule has 0 radical (unpaired) electrons. The van der Waals surface area contributed by atoms with Crippen LogP contribution in [-0.4, -0.2) is 28.0 Å². The zero-order valence-electron chi connectivity index (χ0n) is 9.02. The molecule has 84 valence electrons. The monoisotopic (exact) mass is 213 g/mol. The molecule has 0 saturated carbocycles. The Bertz CT molecular complexity index is 373. The molecule has 0 spiro atoms. The lowest BCUT2D eigenvalue weighted by molar-refractivity contribution is -0.137. The molecule has 3 N–H and O–H groups in total. The van der Waals surface area contributed by atoms with Gasteiger partial charge >= 0.3 is 5.97 Å². The topological polar surface area (TPSA) is 90.4 Å². The van der Waals surface area contributed by atoms with E-state index in [0.29, 0.717) is 17.1 Å². The molecule has 0 aromatic carbocycles. The van der Waals surface area contributed by atoms with E-state index < -0.39 is 12.0 Å². The van der Waals surface area contributed by atoms with E-state index in [1.165, 1.54) is 7.11 Å². The van der Waals surface area contributed by atoms with E-state index in [-0.39, 0.29) is 6.42 Å². The van der Waals surface area contributed by atoms with Gasteiger partial charge in [0, 0.05) is 13.1 Å². The largest absolute Gasteiger partial charge is 0.481 e. The summed E-state index contributed by atoms with van der Waals surface area (Å²) >= 11 is 0. The van der Waals surface area contributed by atoms with Crippen molar-refractivity contribution in [1.82, 2.24) is 9.78 Å². The third-order valence-electron chi connectivity index (χ3n) is 2.17. The summed E-state index contributed by atoms with van der Waals surface area (Å²) in [6, 6.07) is -0.592. The van der Waals surface area contributed by atoms with Gasteiger partial charge in [-0.1, -0.05) is 0 Å². The summed E-state index contributed by atoms with van der Waals surface area (Å²) in [7, 11) is 3.23. The van der Waals surface area contributed by atoms with Crippen molar-refractivity contribution in [3.63, 3.8) is 0 Å². The number of nitrogens with two attached hydrogens (primary N) is 1. The Morgan fingerprint density at radius 3 is 2.80 bits per heavy atom. The molecular formula is C9H15N3O3. The van der Waals surface area contributed by atoms with Gasteiger partial charge in [-0.15, -0.1) is 0 Å². The SMILES string of the molecule is COc1c(C(N)CC(=O)O)c(C)nn1C. The lowest BCUT2D eigenvalue weighted by Crippen LogP contribution is -2.16. The lowest BCUT2D eigenvalue weighted by Gasteiger charge is -2.10. The van der Waals surface area contributed by atoms with E-state index in [1.807, 2.05) is 0 Å². The van der Waals surface area contributed by atoms with Gasteiger partial charge in [0.2, 0.25) is 5.88 Å². The van der Waals surface area contributed by atoms with Crippen molar-refractivity contribution in [3.8, 4) is 5.88 Å². The molecule has 0 bridgehead atoms. The summed E-state index contributed by atoms with van der Waals surface area (Å²) in [5.41, 5.74) is 7.12. The van der Waals surface area contributed by atoms with Gasteiger partial charge in [-0.25, -0.2) is 4.68 Å². The molecular weight excluding hydrogens is 198 g/mol. The van der Waals surface area contributed by atoms with Gasteiger partial charge in [0.15, 0.2) is 0 Å². The van der Waals surface area contributed by atoms with Crippen LogP contribution in [0.2, 0.25) is 0 Å². The molecule has 1 rings (SSSR count). The van der Waals surface area contributed by atoms with Crippen molar-refractivity contribution in [1.29, 1.82) is 0 Å². The maximum atomic E-state index is 10.6. The zero-order chi connectivity index (χ0) is 11.6. The number of methoxy groups -OCH3 is 1. The molecule has 1 aromatic rings. The van der Waals surface area contributed by atoms with Gasteiger partial charge in [-0.05, 0) is 6.92 Å². The minimum Gasteiger partial charge on any atom is -0.481 e. The minimum absolute atomic E-state index is 0.136. The Labute approximate surface area is 87.6 Å². The quantitative estimate of drug-likeness (QED) is 0.746. The molecule has 1 aromatic heterocycles. The number of hydrogen-bond acceptors (Lipinski definition) is 4. The number of carbonyl (C=O) groups is 1. The fourth-order valence-corrected chi connectivity index (χ4v) is 1.61. The summed E-state index contributed by atoms with van der Waals surface area (Å²) in [4.78, 5) is 10.6. The molecule has 6 heteroatoms. The van der Waals surface area contributed by atoms with Crippen molar-refractivity contribution in [3.05, 3.63) is 11.3 Å². The van der Waals surface area contributed by atoms with Crippen LogP contribution in [0.5, 0.6) is 5.88 Å². The molecule has 6 nitrogen and oxygen atoms in total. The number of carboxylic acids is 1. The van der Waals surface area contributed by atoms with Gasteiger partial charge in [-0.2, -0.15) is 5.10 Å². The number of aromatic nitrogens is 2. The van der Waals surface area contributed by atoms with Crippen molar-refractivity contribution in [2.45, 2.75) is 19.4 Å². The number of aliphatic carboxylic acids is 1. The smallest absolute Gasteiger partial charge is 0.305 e. The first kappa shape index (κ1) is 11.5. The molecule has 1 heterocycles. The number of aryl methyl sites for hydroxylation is 2. The first-order valence-electron chi connectivity index (χ1n) is 4.52. The second-order valence-electron chi connectivity index (χ2n) is 3.34. The van der Waals surface area contributed by atoms with E-state index >= 15 is 0 Å². The molecule has 15 heavy (non-hydrogen) atoms. The predicted octanol–water partition coefficient (Wildman–Crippen LogP) is 0.212. The Kier molecular flexibility index (Phi) is 3.31. The second-order valence-corrected chi connectivity index (χ2v) is 3.34. The minimum atomic E-state index is -0.937. The highest BCUT2D eigenvalue weighted by molar-refractivity contribution is 5.68. The van der Waals surface area contributed by atoms with Crippen LogP contribution in [0.3, 0.4) is 0 Å². The molecule has 0 aliphatic rings. The number of hydrogen-bond donors (Lipinski definition) is 2. The van der Waals surface area contributed by atoms with Crippen molar-refractivity contribution in [2.75, 3.05) is 7.11 Å². The molecule has 1 atom stereocenters. The third-order valence-corrected chi connectivity index (χ3v) is 2.17. The summed E-state index contributed by atoms with van der Waals surface area (Å²) in [6.07, 6.45) is -0.136. The van der Waals surface area contributed by atoms with E-state index in [1.54, 1.807) is 18.7 Å². The summed E-state index contributed by atoms with van der Waals surface area (Å²) in [5.74, 6) is -0.422. The Balaban J connectivity index is 3.06. The highest BCUT2D eigenvalue weighted by atomic mass is 16.5. The molecule has 0 amide bonds. The Hall–Kier alpha value is -1.56. The van der Waals surface area contributed by atoms with Crippen LogP contribution >= 0.6 is 0 Å². The van der Waals surface area contributed by atoms with Gasteiger partial charge in [0.25, 0.3) is 0 Å². The van der Waals surface area contributed by atoms with Crippen LogP contribution < -0.4 is 10.5 Å². The van der Waals surface area contributed by atoms with E-state index in [4.69, 9.17) is 15.6 Å². The van der Waals surface area contributed by atoms with E-state index in [0.717, 1.165) is 0 Å². The van der Waals surface area contributed by atoms with Crippen molar-refractivity contribution >= 4 is 5.97 Å². The lowest BCUT2D eigenvalue weighted by atomic mass is 10.1. The first-order valence-corrected chi connectivity index (χ1v) is 4.52.